The molecule has 6 atom stereocenters. The average Bonchev–Trinajstić information content (AvgIpc) is 2.97. The molecule has 0 amide bonds. The van der Waals surface area contributed by atoms with Gasteiger partial charge in [0.15, 0.2) is 5.96 Å². The Morgan fingerprint density at radius 2 is 2.02 bits per heavy atom. The molecule has 10 heteroatoms. The summed E-state index contributed by atoms with van der Waals surface area (Å²) in [5.74, 6) is 2.11. The number of aromatic nitrogens is 2. The first-order valence-corrected chi connectivity index (χ1v) is 15.4. The lowest BCUT2D eigenvalue weighted by Crippen LogP contribution is -2.61. The molecule has 3 aliphatic carbocycles. The van der Waals surface area contributed by atoms with Crippen LogP contribution in [0.1, 0.15) is 44.7 Å². The van der Waals surface area contributed by atoms with Gasteiger partial charge in [-0.15, -0.1) is 0 Å². The Morgan fingerprint density at radius 1 is 1.21 bits per heavy atom. The number of hydrogen-bond acceptors (Lipinski definition) is 6. The highest BCUT2D eigenvalue weighted by Gasteiger charge is 2.56. The topological polar surface area (TPSA) is 115 Å². The average molecular weight is 591 g/mol. The summed E-state index contributed by atoms with van der Waals surface area (Å²) in [7, 11) is 0. The second kappa shape index (κ2) is 11.6. The van der Waals surface area contributed by atoms with Crippen LogP contribution in [-0.2, 0) is 13.0 Å². The second-order valence-electron chi connectivity index (χ2n) is 13.4. The van der Waals surface area contributed by atoms with Crippen LogP contribution in [0.3, 0.4) is 0 Å². The molecule has 1 aliphatic heterocycles. The number of aliphatic imine (C=N–C) groups is 1. The molecule has 43 heavy (non-hydrogen) atoms. The maximum atomic E-state index is 14.3. The van der Waals surface area contributed by atoms with E-state index < -0.39 is 6.23 Å². The van der Waals surface area contributed by atoms with Crippen molar-refractivity contribution >= 4 is 22.5 Å². The number of guanidine groups is 1. The molecule has 1 aromatic heterocycles. The third-order valence-corrected chi connectivity index (χ3v) is 10.3. The first kappa shape index (κ1) is 29.7. The van der Waals surface area contributed by atoms with Crippen molar-refractivity contribution in [2.75, 3.05) is 25.0 Å². The predicted molar refractivity (Wildman–Crippen MR) is 166 cm³/mol. The molecule has 7 rings (SSSR count). The third kappa shape index (κ3) is 5.80. The maximum absolute atomic E-state index is 14.3. The van der Waals surface area contributed by atoms with Gasteiger partial charge in [-0.05, 0) is 84.7 Å². The van der Waals surface area contributed by atoms with Gasteiger partial charge in [-0.2, -0.15) is 0 Å². The van der Waals surface area contributed by atoms with Gasteiger partial charge in [-0.1, -0.05) is 32.9 Å². The van der Waals surface area contributed by atoms with Crippen molar-refractivity contribution in [2.24, 2.45) is 28.2 Å². The van der Waals surface area contributed by atoms with Crippen molar-refractivity contribution < 1.29 is 14.6 Å². The van der Waals surface area contributed by atoms with Crippen molar-refractivity contribution in [1.82, 2.24) is 19.8 Å². The van der Waals surface area contributed by atoms with Gasteiger partial charge >= 0.3 is 0 Å². The standard InChI is InChI=1S/C33H43FN6O3/c1-19-5-6-21(27(34)11-19)9-10-39-18-35-29-14-23(7-8-25(29)31(39)43)37-32(40-15-24(17-41)36-30(42)16-40)38-28-13-22-12-26(20(28)2)33(22,3)4/h5-8,11,14,18,20,22,24,26,28,30,36,41-42H,9-10,12-13,15-17H2,1-4H3,(H,37,38)/t20-,22-,24?,26+,28-,30?/m0/s1. The predicted octanol–water partition coefficient (Wildman–Crippen LogP) is 3.51. The van der Waals surface area contributed by atoms with Gasteiger partial charge < -0.3 is 20.4 Å². The van der Waals surface area contributed by atoms with E-state index in [1.807, 2.05) is 30.0 Å². The highest BCUT2D eigenvalue weighted by molar-refractivity contribution is 5.96. The molecule has 3 saturated carbocycles. The maximum Gasteiger partial charge on any atom is 0.261 e. The highest BCUT2D eigenvalue weighted by Crippen LogP contribution is 2.61. The van der Waals surface area contributed by atoms with E-state index in [9.17, 15) is 19.4 Å². The number of aliphatic hydroxyl groups is 2. The van der Waals surface area contributed by atoms with Gasteiger partial charge in [-0.25, -0.2) is 14.4 Å². The first-order chi connectivity index (χ1) is 20.5. The van der Waals surface area contributed by atoms with E-state index in [1.54, 1.807) is 12.1 Å². The molecule has 2 aromatic carbocycles. The molecule has 0 spiro atoms. The number of nitrogens with one attached hydrogen (secondary N) is 2. The zero-order valence-electron chi connectivity index (χ0n) is 25.4. The van der Waals surface area contributed by atoms with Gasteiger partial charge in [0, 0.05) is 24.8 Å². The number of benzene rings is 2. The summed E-state index contributed by atoms with van der Waals surface area (Å²) in [6, 6.07) is 10.5. The molecule has 4 aliphatic rings. The zero-order valence-corrected chi connectivity index (χ0v) is 25.4. The van der Waals surface area contributed by atoms with Gasteiger partial charge in [0.05, 0.1) is 36.4 Å². The Balaban J connectivity index is 1.25. The molecule has 2 heterocycles. The fraction of sp³-hybridized carbons (Fsp3) is 0.545. The van der Waals surface area contributed by atoms with Crippen molar-refractivity contribution in [2.45, 2.75) is 71.8 Å². The van der Waals surface area contributed by atoms with Crippen LogP contribution in [-0.4, -0.2) is 68.6 Å². The fourth-order valence-corrected chi connectivity index (χ4v) is 7.47. The zero-order chi connectivity index (χ0) is 30.5. The number of nitrogens with zero attached hydrogens (tertiary/aromatic N) is 4. The van der Waals surface area contributed by atoms with Gasteiger partial charge in [0.2, 0.25) is 0 Å². The van der Waals surface area contributed by atoms with Gasteiger partial charge in [0.1, 0.15) is 12.0 Å². The lowest BCUT2D eigenvalue weighted by Gasteiger charge is -2.61. The van der Waals surface area contributed by atoms with E-state index in [0.717, 1.165) is 17.7 Å². The summed E-state index contributed by atoms with van der Waals surface area (Å²) in [4.78, 5) is 25.1. The fourth-order valence-electron chi connectivity index (χ4n) is 7.47. The normalized spacial score (nSPS) is 28.5. The van der Waals surface area contributed by atoms with Crippen molar-refractivity contribution in [3.8, 4) is 0 Å². The second-order valence-corrected chi connectivity index (χ2v) is 13.4. The first-order valence-electron chi connectivity index (χ1n) is 15.4. The highest BCUT2D eigenvalue weighted by atomic mass is 19.1. The Bertz CT molecular complexity index is 1590. The van der Waals surface area contributed by atoms with Crippen LogP contribution in [0.15, 0.2) is 52.5 Å². The number of anilines is 1. The Kier molecular flexibility index (Phi) is 8.04. The summed E-state index contributed by atoms with van der Waals surface area (Å²) in [6.45, 7) is 9.95. The summed E-state index contributed by atoms with van der Waals surface area (Å²) in [6.07, 6.45) is 3.41. The van der Waals surface area contributed by atoms with E-state index in [4.69, 9.17) is 4.99 Å². The monoisotopic (exact) mass is 590 g/mol. The SMILES string of the molecule is Cc1ccc(CCn2cnc3cc(NC(=N[C@H]4C[C@@H]5C[C@H]([C@@H]4C)C5(C)C)N4CC(O)NC(CO)C4)ccc3c2=O)c(F)c1. The van der Waals surface area contributed by atoms with Crippen LogP contribution >= 0.6 is 0 Å². The number of aryl methyl sites for hydroxylation is 3. The summed E-state index contributed by atoms with van der Waals surface area (Å²) in [5.41, 5.74) is 2.89. The van der Waals surface area contributed by atoms with E-state index in [2.05, 4.69) is 36.4 Å². The Labute approximate surface area is 251 Å². The number of rotatable bonds is 6. The Hall–Kier alpha value is -3.34. The summed E-state index contributed by atoms with van der Waals surface area (Å²) < 4.78 is 15.8. The van der Waals surface area contributed by atoms with E-state index in [-0.39, 0.29) is 30.1 Å². The molecule has 4 N–H and O–H groups in total. The quantitative estimate of drug-likeness (QED) is 0.257. The van der Waals surface area contributed by atoms with Crippen LogP contribution in [0, 0.1) is 35.9 Å². The molecule has 230 valence electrons. The molecule has 1 saturated heterocycles. The minimum Gasteiger partial charge on any atom is -0.395 e. The smallest absolute Gasteiger partial charge is 0.261 e. The molecule has 0 radical (unpaired) electrons. The minimum absolute atomic E-state index is 0.0955. The lowest BCUT2D eigenvalue weighted by molar-refractivity contribution is -0.108. The van der Waals surface area contributed by atoms with E-state index in [0.29, 0.717) is 71.6 Å². The minimum atomic E-state index is -0.792. The van der Waals surface area contributed by atoms with Gasteiger partial charge in [-0.3, -0.25) is 14.7 Å². The van der Waals surface area contributed by atoms with Crippen LogP contribution in [0.4, 0.5) is 10.1 Å². The van der Waals surface area contributed by atoms with Crippen LogP contribution in [0.5, 0.6) is 0 Å². The van der Waals surface area contributed by atoms with Crippen molar-refractivity contribution in [1.29, 1.82) is 0 Å². The number of halogens is 1. The number of piperazine rings is 1. The third-order valence-electron chi connectivity index (χ3n) is 10.3. The molecule has 3 aromatic rings. The molecule has 4 fully saturated rings. The number of fused-ring (bicyclic) bond motifs is 3. The lowest BCUT2D eigenvalue weighted by atomic mass is 9.45. The van der Waals surface area contributed by atoms with Crippen molar-refractivity contribution in [3.63, 3.8) is 0 Å². The molecule has 9 nitrogen and oxygen atoms in total. The summed E-state index contributed by atoms with van der Waals surface area (Å²) >= 11 is 0. The number of aliphatic hydroxyl groups excluding tert-OH is 2. The number of β-amino-alcohol motifs (C(OH)–C–C–N with tert-alkyl or cyclic N) is 1. The van der Waals surface area contributed by atoms with Crippen molar-refractivity contribution in [3.05, 3.63) is 70.0 Å². The van der Waals surface area contributed by atoms with E-state index in [1.165, 1.54) is 23.4 Å². The van der Waals surface area contributed by atoms with Crippen LogP contribution < -0.4 is 16.2 Å². The molecule has 2 unspecified atom stereocenters. The van der Waals surface area contributed by atoms with E-state index >= 15 is 0 Å². The Morgan fingerprint density at radius 3 is 2.74 bits per heavy atom. The number of hydrogen-bond donors (Lipinski definition) is 4. The summed E-state index contributed by atoms with van der Waals surface area (Å²) in [5, 5.41) is 27.3. The van der Waals surface area contributed by atoms with Gasteiger partial charge in [0.25, 0.3) is 5.56 Å². The largest absolute Gasteiger partial charge is 0.395 e. The van der Waals surface area contributed by atoms with Crippen LogP contribution in [0.2, 0.25) is 0 Å². The molecular weight excluding hydrogens is 547 g/mol. The molecular formula is C33H43FN6O3. The molecule has 2 bridgehead atoms. The van der Waals surface area contributed by atoms with Crippen LogP contribution in [0.25, 0.3) is 10.9 Å².